The molecule has 84 valence electrons. The van der Waals surface area contributed by atoms with Crippen LogP contribution in [0.1, 0.15) is 5.56 Å². The second-order valence-corrected chi connectivity index (χ2v) is 3.85. The first-order valence-electron chi connectivity index (χ1n) is 4.90. The zero-order valence-electron chi connectivity index (χ0n) is 8.53. The van der Waals surface area contributed by atoms with Crippen LogP contribution in [0.25, 0.3) is 5.69 Å². The summed E-state index contributed by atoms with van der Waals surface area (Å²) in [5.41, 5.74) is 7.11. The molecule has 0 radical (unpaired) electrons. The highest BCUT2D eigenvalue weighted by atomic mass is 35.5. The Bertz CT molecular complexity index is 496. The Morgan fingerprint density at radius 3 is 2.88 bits per heavy atom. The maximum absolute atomic E-state index is 13.1. The van der Waals surface area contributed by atoms with E-state index in [2.05, 4.69) is 5.10 Å². The molecule has 0 atom stereocenters. The predicted molar refractivity (Wildman–Crippen MR) is 61.3 cm³/mol. The fourth-order valence-electron chi connectivity index (χ4n) is 1.57. The summed E-state index contributed by atoms with van der Waals surface area (Å²) < 4.78 is 14.7. The van der Waals surface area contributed by atoms with E-state index in [1.165, 1.54) is 18.3 Å². The normalized spacial score (nSPS) is 10.7. The molecule has 1 aromatic heterocycles. The van der Waals surface area contributed by atoms with Crippen LogP contribution < -0.4 is 5.73 Å². The van der Waals surface area contributed by atoms with Gasteiger partial charge in [0.1, 0.15) is 5.82 Å². The number of rotatable bonds is 3. The van der Waals surface area contributed by atoms with Gasteiger partial charge in [-0.15, -0.1) is 0 Å². The maximum Gasteiger partial charge on any atom is 0.123 e. The number of nitrogens with two attached hydrogens (primary N) is 1. The average molecular weight is 240 g/mol. The third-order valence-electron chi connectivity index (χ3n) is 2.25. The van der Waals surface area contributed by atoms with Crippen molar-refractivity contribution in [1.82, 2.24) is 9.78 Å². The number of hydrogen-bond donors (Lipinski definition) is 1. The molecule has 1 aromatic carbocycles. The predicted octanol–water partition coefficient (Wildman–Crippen LogP) is 2.17. The first-order valence-corrected chi connectivity index (χ1v) is 5.27. The van der Waals surface area contributed by atoms with Crippen molar-refractivity contribution in [3.05, 3.63) is 47.0 Å². The Morgan fingerprint density at radius 1 is 1.44 bits per heavy atom. The Kier molecular flexibility index (Phi) is 3.22. The molecular weight excluding hydrogens is 229 g/mol. The molecule has 2 N–H and O–H groups in total. The lowest BCUT2D eigenvalue weighted by atomic mass is 10.1. The highest BCUT2D eigenvalue weighted by Crippen LogP contribution is 2.18. The van der Waals surface area contributed by atoms with Crippen LogP contribution in [0.5, 0.6) is 0 Å². The van der Waals surface area contributed by atoms with E-state index < -0.39 is 0 Å². The molecular formula is C11H11ClFN3. The van der Waals surface area contributed by atoms with Crippen LogP contribution in [-0.4, -0.2) is 16.3 Å². The number of halogens is 2. The van der Waals surface area contributed by atoms with E-state index >= 15 is 0 Å². The van der Waals surface area contributed by atoms with Crippen molar-refractivity contribution in [2.75, 3.05) is 6.54 Å². The number of nitrogens with zero attached hydrogens (tertiary/aromatic N) is 2. The average Bonchev–Trinajstić information content (AvgIpc) is 2.65. The largest absolute Gasteiger partial charge is 0.330 e. The monoisotopic (exact) mass is 239 g/mol. The minimum atomic E-state index is -0.273. The molecule has 5 heteroatoms. The maximum atomic E-state index is 13.1. The quantitative estimate of drug-likeness (QED) is 0.892. The lowest BCUT2D eigenvalue weighted by Crippen LogP contribution is -2.07. The van der Waals surface area contributed by atoms with Crippen molar-refractivity contribution in [2.45, 2.75) is 6.42 Å². The molecule has 0 aliphatic rings. The molecule has 0 saturated carbocycles. The Labute approximate surface area is 97.6 Å². The van der Waals surface area contributed by atoms with Gasteiger partial charge in [0.15, 0.2) is 0 Å². The van der Waals surface area contributed by atoms with E-state index in [1.807, 2.05) is 0 Å². The standard InChI is InChI=1S/C11H11ClFN3/c12-9-6-15-16(7-9)11-2-1-10(13)5-8(11)3-4-14/h1-2,5-7H,3-4,14H2. The minimum Gasteiger partial charge on any atom is -0.330 e. The first-order chi connectivity index (χ1) is 7.70. The minimum absolute atomic E-state index is 0.273. The first kappa shape index (κ1) is 11.1. The van der Waals surface area contributed by atoms with Gasteiger partial charge in [-0.1, -0.05) is 11.6 Å². The van der Waals surface area contributed by atoms with Crippen molar-refractivity contribution >= 4 is 11.6 Å². The van der Waals surface area contributed by atoms with Crippen molar-refractivity contribution in [3.63, 3.8) is 0 Å². The fourth-order valence-corrected chi connectivity index (χ4v) is 1.70. The summed E-state index contributed by atoms with van der Waals surface area (Å²) in [6.45, 7) is 0.464. The highest BCUT2D eigenvalue weighted by Gasteiger charge is 2.06. The van der Waals surface area contributed by atoms with Crippen LogP contribution in [-0.2, 0) is 6.42 Å². The van der Waals surface area contributed by atoms with E-state index in [-0.39, 0.29) is 5.82 Å². The molecule has 0 aliphatic heterocycles. The highest BCUT2D eigenvalue weighted by molar-refractivity contribution is 6.30. The molecule has 2 aromatic rings. The molecule has 2 rings (SSSR count). The molecule has 0 saturated heterocycles. The van der Waals surface area contributed by atoms with Gasteiger partial charge in [-0.25, -0.2) is 9.07 Å². The Morgan fingerprint density at radius 2 is 2.25 bits per heavy atom. The van der Waals surface area contributed by atoms with Crippen LogP contribution in [0.15, 0.2) is 30.6 Å². The van der Waals surface area contributed by atoms with Crippen LogP contribution >= 0.6 is 11.6 Å². The molecule has 0 fully saturated rings. The topological polar surface area (TPSA) is 43.8 Å². The van der Waals surface area contributed by atoms with Crippen molar-refractivity contribution < 1.29 is 4.39 Å². The van der Waals surface area contributed by atoms with Gasteiger partial charge in [0.2, 0.25) is 0 Å². The molecule has 3 nitrogen and oxygen atoms in total. The van der Waals surface area contributed by atoms with E-state index in [4.69, 9.17) is 17.3 Å². The lowest BCUT2D eigenvalue weighted by Gasteiger charge is -2.08. The van der Waals surface area contributed by atoms with E-state index in [9.17, 15) is 4.39 Å². The lowest BCUT2D eigenvalue weighted by molar-refractivity contribution is 0.624. The van der Waals surface area contributed by atoms with Crippen LogP contribution in [0.4, 0.5) is 4.39 Å². The van der Waals surface area contributed by atoms with Crippen molar-refractivity contribution in [2.24, 2.45) is 5.73 Å². The van der Waals surface area contributed by atoms with Crippen molar-refractivity contribution in [3.8, 4) is 5.69 Å². The third kappa shape index (κ3) is 2.23. The number of benzene rings is 1. The van der Waals surface area contributed by atoms with Gasteiger partial charge in [-0.05, 0) is 36.7 Å². The number of aromatic nitrogens is 2. The van der Waals surface area contributed by atoms with Gasteiger partial charge in [-0.2, -0.15) is 5.10 Å². The zero-order valence-corrected chi connectivity index (χ0v) is 9.28. The molecule has 0 bridgehead atoms. The van der Waals surface area contributed by atoms with Crippen LogP contribution in [0, 0.1) is 5.82 Å². The summed E-state index contributed by atoms with van der Waals surface area (Å²) >= 11 is 5.79. The zero-order chi connectivity index (χ0) is 11.5. The van der Waals surface area contributed by atoms with E-state index in [0.717, 1.165) is 11.3 Å². The van der Waals surface area contributed by atoms with Gasteiger partial charge in [0, 0.05) is 6.20 Å². The van der Waals surface area contributed by atoms with E-state index in [1.54, 1.807) is 16.9 Å². The third-order valence-corrected chi connectivity index (χ3v) is 2.45. The van der Waals surface area contributed by atoms with Crippen molar-refractivity contribution in [1.29, 1.82) is 0 Å². The summed E-state index contributed by atoms with van der Waals surface area (Å²) in [4.78, 5) is 0. The summed E-state index contributed by atoms with van der Waals surface area (Å²) in [7, 11) is 0. The van der Waals surface area contributed by atoms with Gasteiger partial charge in [0.25, 0.3) is 0 Å². The molecule has 1 heterocycles. The molecule has 0 aliphatic carbocycles. The Hall–Kier alpha value is -1.39. The fraction of sp³-hybridized carbons (Fsp3) is 0.182. The molecule has 0 spiro atoms. The molecule has 16 heavy (non-hydrogen) atoms. The van der Waals surface area contributed by atoms with Crippen LogP contribution in [0.2, 0.25) is 5.02 Å². The summed E-state index contributed by atoms with van der Waals surface area (Å²) in [5.74, 6) is -0.273. The Balaban J connectivity index is 2.47. The second-order valence-electron chi connectivity index (χ2n) is 3.41. The van der Waals surface area contributed by atoms with Gasteiger partial charge >= 0.3 is 0 Å². The number of hydrogen-bond acceptors (Lipinski definition) is 2. The summed E-state index contributed by atoms with van der Waals surface area (Å²) in [6.07, 6.45) is 3.82. The van der Waals surface area contributed by atoms with Gasteiger partial charge in [-0.3, -0.25) is 0 Å². The SMILES string of the molecule is NCCc1cc(F)ccc1-n1cc(Cl)cn1. The smallest absolute Gasteiger partial charge is 0.123 e. The molecule has 0 unspecified atom stereocenters. The van der Waals surface area contributed by atoms with Gasteiger partial charge in [0.05, 0.1) is 16.9 Å². The van der Waals surface area contributed by atoms with Gasteiger partial charge < -0.3 is 5.73 Å². The van der Waals surface area contributed by atoms with E-state index in [0.29, 0.717) is 18.0 Å². The summed E-state index contributed by atoms with van der Waals surface area (Å²) in [6, 6.07) is 4.53. The second kappa shape index (κ2) is 4.63. The van der Waals surface area contributed by atoms with Crippen LogP contribution in [0.3, 0.4) is 0 Å². The molecule has 0 amide bonds. The summed E-state index contributed by atoms with van der Waals surface area (Å²) in [5, 5.41) is 4.62.